The van der Waals surface area contributed by atoms with Crippen LogP contribution < -0.4 is 10.6 Å². The number of rotatable bonds is 4. The Balaban J connectivity index is 2.54. The van der Waals surface area contributed by atoms with Gasteiger partial charge in [0.2, 0.25) is 11.9 Å². The lowest BCUT2D eigenvalue weighted by atomic mass is 10.5. The van der Waals surface area contributed by atoms with Gasteiger partial charge in [0.25, 0.3) is 0 Å². The van der Waals surface area contributed by atoms with Crippen molar-refractivity contribution in [1.29, 1.82) is 0 Å². The van der Waals surface area contributed by atoms with E-state index < -0.39 is 0 Å². The van der Waals surface area contributed by atoms with Crippen molar-refractivity contribution < 1.29 is 4.79 Å². The molecule has 0 atom stereocenters. The number of likely N-dealkylation sites (N-methyl/N-ethyl adjacent to an activating group) is 1. The first kappa shape index (κ1) is 11.2. The molecule has 1 aromatic heterocycles. The number of nitrogens with one attached hydrogen (secondary N) is 2. The van der Waals surface area contributed by atoms with Crippen molar-refractivity contribution in [2.45, 2.75) is 0 Å². The summed E-state index contributed by atoms with van der Waals surface area (Å²) in [6.07, 6.45) is 1.63. The minimum Gasteiger partial charge on any atom is -0.361 e. The third-order valence-corrected chi connectivity index (χ3v) is 1.80. The SMILES string of the molecule is CNc1nccc(NCC(=O)N(C)C)n1. The van der Waals surface area contributed by atoms with E-state index in [9.17, 15) is 4.79 Å². The standard InChI is InChI=1S/C9H15N5O/c1-10-9-11-5-4-7(13-9)12-6-8(15)14(2)3/h4-5H,6H2,1-3H3,(H2,10,11,12,13). The fraction of sp³-hybridized carbons (Fsp3) is 0.444. The van der Waals surface area contributed by atoms with Gasteiger partial charge in [-0.05, 0) is 6.07 Å². The van der Waals surface area contributed by atoms with Crippen molar-refractivity contribution >= 4 is 17.7 Å². The molecule has 0 aliphatic rings. The first-order valence-corrected chi connectivity index (χ1v) is 4.58. The number of hydrogen-bond donors (Lipinski definition) is 2. The predicted molar refractivity (Wildman–Crippen MR) is 58.8 cm³/mol. The van der Waals surface area contributed by atoms with E-state index in [4.69, 9.17) is 0 Å². The lowest BCUT2D eigenvalue weighted by Crippen LogP contribution is -2.28. The second-order valence-corrected chi connectivity index (χ2v) is 3.16. The molecule has 15 heavy (non-hydrogen) atoms. The van der Waals surface area contributed by atoms with E-state index in [-0.39, 0.29) is 12.5 Å². The minimum atomic E-state index is -0.000352. The molecule has 1 aromatic rings. The van der Waals surface area contributed by atoms with E-state index >= 15 is 0 Å². The van der Waals surface area contributed by atoms with Crippen LogP contribution in [0.15, 0.2) is 12.3 Å². The van der Waals surface area contributed by atoms with Crippen LogP contribution in [0.1, 0.15) is 0 Å². The van der Waals surface area contributed by atoms with E-state index in [1.807, 2.05) is 0 Å². The Morgan fingerprint density at radius 3 is 2.87 bits per heavy atom. The zero-order chi connectivity index (χ0) is 11.3. The number of anilines is 2. The molecule has 0 aliphatic carbocycles. The van der Waals surface area contributed by atoms with Crippen LogP contribution in [-0.4, -0.2) is 48.5 Å². The van der Waals surface area contributed by atoms with Crippen molar-refractivity contribution in [1.82, 2.24) is 14.9 Å². The summed E-state index contributed by atoms with van der Waals surface area (Å²) in [7, 11) is 5.16. The number of nitrogens with zero attached hydrogens (tertiary/aromatic N) is 3. The van der Waals surface area contributed by atoms with Crippen LogP contribution >= 0.6 is 0 Å². The van der Waals surface area contributed by atoms with Gasteiger partial charge in [-0.25, -0.2) is 4.98 Å². The van der Waals surface area contributed by atoms with Crippen LogP contribution in [0.25, 0.3) is 0 Å². The van der Waals surface area contributed by atoms with Gasteiger partial charge in [0.15, 0.2) is 0 Å². The smallest absolute Gasteiger partial charge is 0.241 e. The molecule has 0 unspecified atom stereocenters. The van der Waals surface area contributed by atoms with Crippen LogP contribution in [0.4, 0.5) is 11.8 Å². The van der Waals surface area contributed by atoms with Crippen LogP contribution in [-0.2, 0) is 4.79 Å². The van der Waals surface area contributed by atoms with E-state index in [1.54, 1.807) is 33.4 Å². The molecule has 0 saturated carbocycles. The topological polar surface area (TPSA) is 70.2 Å². The maximum Gasteiger partial charge on any atom is 0.241 e. The maximum absolute atomic E-state index is 11.3. The van der Waals surface area contributed by atoms with Crippen LogP contribution in [0, 0.1) is 0 Å². The maximum atomic E-state index is 11.3. The fourth-order valence-corrected chi connectivity index (χ4v) is 0.902. The molecule has 6 heteroatoms. The average molecular weight is 209 g/mol. The van der Waals surface area contributed by atoms with Crippen molar-refractivity contribution in [3.05, 3.63) is 12.3 Å². The second kappa shape index (κ2) is 5.14. The highest BCUT2D eigenvalue weighted by atomic mass is 16.2. The highest BCUT2D eigenvalue weighted by molar-refractivity contribution is 5.80. The van der Waals surface area contributed by atoms with E-state index in [1.165, 1.54) is 4.90 Å². The number of carbonyl (C=O) groups is 1. The monoisotopic (exact) mass is 209 g/mol. The number of aromatic nitrogens is 2. The van der Waals surface area contributed by atoms with Gasteiger partial charge in [-0.1, -0.05) is 0 Å². The molecule has 82 valence electrons. The van der Waals surface area contributed by atoms with Gasteiger partial charge in [-0.2, -0.15) is 4.98 Å². The Morgan fingerprint density at radius 2 is 2.27 bits per heavy atom. The Labute approximate surface area is 88.7 Å². The van der Waals surface area contributed by atoms with Gasteiger partial charge in [0, 0.05) is 27.3 Å². The summed E-state index contributed by atoms with van der Waals surface area (Å²) in [5.41, 5.74) is 0. The van der Waals surface area contributed by atoms with Crippen LogP contribution in [0.3, 0.4) is 0 Å². The molecule has 6 nitrogen and oxygen atoms in total. The molecule has 0 spiro atoms. The summed E-state index contributed by atoms with van der Waals surface area (Å²) in [5, 5.41) is 5.74. The summed E-state index contributed by atoms with van der Waals surface area (Å²) in [5.74, 6) is 1.15. The fourth-order valence-electron chi connectivity index (χ4n) is 0.902. The summed E-state index contributed by atoms with van der Waals surface area (Å²) in [6.45, 7) is 0.229. The van der Waals surface area contributed by atoms with Crippen molar-refractivity contribution in [2.24, 2.45) is 0 Å². The first-order chi connectivity index (χ1) is 7.13. The highest BCUT2D eigenvalue weighted by Gasteiger charge is 2.03. The number of hydrogen-bond acceptors (Lipinski definition) is 5. The van der Waals surface area contributed by atoms with Crippen LogP contribution in [0.5, 0.6) is 0 Å². The molecule has 2 N–H and O–H groups in total. The molecule has 0 bridgehead atoms. The minimum absolute atomic E-state index is 0.000352. The predicted octanol–water partition coefficient (Wildman–Crippen LogP) is 0.0184. The molecule has 0 saturated heterocycles. The molecular weight excluding hydrogens is 194 g/mol. The first-order valence-electron chi connectivity index (χ1n) is 4.58. The van der Waals surface area contributed by atoms with Gasteiger partial charge < -0.3 is 15.5 Å². The van der Waals surface area contributed by atoms with Gasteiger partial charge >= 0.3 is 0 Å². The summed E-state index contributed by atoms with van der Waals surface area (Å²) in [6, 6.07) is 1.71. The molecule has 0 aliphatic heterocycles. The Kier molecular flexibility index (Phi) is 3.84. The van der Waals surface area contributed by atoms with E-state index in [0.717, 1.165) is 0 Å². The lowest BCUT2D eigenvalue weighted by molar-refractivity contribution is -0.126. The third kappa shape index (κ3) is 3.41. The Hall–Kier alpha value is -1.85. The zero-order valence-electron chi connectivity index (χ0n) is 9.11. The zero-order valence-corrected chi connectivity index (χ0v) is 9.11. The summed E-state index contributed by atoms with van der Waals surface area (Å²) < 4.78 is 0. The largest absolute Gasteiger partial charge is 0.361 e. The molecule has 1 amide bonds. The normalized spacial score (nSPS) is 9.53. The van der Waals surface area contributed by atoms with Gasteiger partial charge in [-0.3, -0.25) is 4.79 Å². The number of amides is 1. The van der Waals surface area contributed by atoms with Crippen LogP contribution in [0.2, 0.25) is 0 Å². The van der Waals surface area contributed by atoms with Crippen molar-refractivity contribution in [3.63, 3.8) is 0 Å². The lowest BCUT2D eigenvalue weighted by Gasteiger charge is -2.11. The third-order valence-electron chi connectivity index (χ3n) is 1.80. The number of carbonyl (C=O) groups excluding carboxylic acids is 1. The van der Waals surface area contributed by atoms with E-state index in [2.05, 4.69) is 20.6 Å². The Morgan fingerprint density at radius 1 is 1.53 bits per heavy atom. The summed E-state index contributed by atoms with van der Waals surface area (Å²) in [4.78, 5) is 20.9. The second-order valence-electron chi connectivity index (χ2n) is 3.16. The molecule has 0 fully saturated rings. The Bertz CT molecular complexity index is 339. The van der Waals surface area contributed by atoms with Gasteiger partial charge in [-0.15, -0.1) is 0 Å². The molecule has 1 rings (SSSR count). The molecular formula is C9H15N5O. The van der Waals surface area contributed by atoms with Crippen molar-refractivity contribution in [2.75, 3.05) is 38.3 Å². The average Bonchev–Trinajstić information content (AvgIpc) is 2.26. The van der Waals surface area contributed by atoms with Crippen molar-refractivity contribution in [3.8, 4) is 0 Å². The van der Waals surface area contributed by atoms with E-state index in [0.29, 0.717) is 11.8 Å². The van der Waals surface area contributed by atoms with Gasteiger partial charge in [0.05, 0.1) is 6.54 Å². The summed E-state index contributed by atoms with van der Waals surface area (Å²) >= 11 is 0. The molecule has 0 radical (unpaired) electrons. The molecule has 1 heterocycles. The highest BCUT2D eigenvalue weighted by Crippen LogP contribution is 2.04. The quantitative estimate of drug-likeness (QED) is 0.731. The molecule has 0 aromatic carbocycles. The van der Waals surface area contributed by atoms with Gasteiger partial charge in [0.1, 0.15) is 5.82 Å².